The van der Waals surface area contributed by atoms with Gasteiger partial charge in [-0.3, -0.25) is 4.79 Å². The number of rotatable bonds is 7. The van der Waals surface area contributed by atoms with Crippen LogP contribution in [0, 0.1) is 5.92 Å². The van der Waals surface area contributed by atoms with E-state index in [1.807, 2.05) is 10.8 Å². The van der Waals surface area contributed by atoms with Crippen LogP contribution in [0.2, 0.25) is 0 Å². The fraction of sp³-hybridized carbons (Fsp3) is 0.529. The fourth-order valence-electron chi connectivity index (χ4n) is 3.16. The van der Waals surface area contributed by atoms with Crippen molar-refractivity contribution in [1.82, 2.24) is 19.5 Å². The summed E-state index contributed by atoms with van der Waals surface area (Å²) in [5, 5.41) is 3.28. The lowest BCUT2D eigenvalue weighted by Crippen LogP contribution is -2.37. The number of hydrogen-bond acceptors (Lipinski definition) is 8. The largest absolute Gasteiger partial charge is 0.469 e. The second-order valence-electron chi connectivity index (χ2n) is 6.32. The minimum atomic E-state index is -0.138. The Kier molecular flexibility index (Phi) is 5.88. The van der Waals surface area contributed by atoms with Crippen LogP contribution in [0.1, 0.15) is 19.3 Å². The van der Waals surface area contributed by atoms with Gasteiger partial charge in [0.15, 0.2) is 11.6 Å². The molecule has 1 aliphatic rings. The molecular formula is C17H25N7O2. The number of ether oxygens (including phenoxy) is 1. The molecule has 0 unspecified atom stereocenters. The van der Waals surface area contributed by atoms with Crippen LogP contribution in [0.25, 0.3) is 0 Å². The number of nitrogens with one attached hydrogen (secondary N) is 1. The summed E-state index contributed by atoms with van der Waals surface area (Å²) in [5.41, 5.74) is 6.82. The number of nitrogens with two attached hydrogens (primary N) is 1. The summed E-state index contributed by atoms with van der Waals surface area (Å²) in [6.45, 7) is 3.08. The molecule has 1 aliphatic heterocycles. The maximum Gasteiger partial charge on any atom is 0.308 e. The number of methoxy groups -OCH3 is 1. The Labute approximate surface area is 152 Å². The number of aromatic nitrogens is 4. The zero-order valence-electron chi connectivity index (χ0n) is 15.0. The fourth-order valence-corrected chi connectivity index (χ4v) is 3.16. The van der Waals surface area contributed by atoms with Crippen LogP contribution in [-0.4, -0.2) is 52.2 Å². The Hall–Kier alpha value is -2.84. The van der Waals surface area contributed by atoms with Crippen LogP contribution in [0.3, 0.4) is 0 Å². The second-order valence-corrected chi connectivity index (χ2v) is 6.32. The summed E-state index contributed by atoms with van der Waals surface area (Å²) in [7, 11) is 1.43. The van der Waals surface area contributed by atoms with Crippen molar-refractivity contribution in [1.29, 1.82) is 0 Å². The molecule has 1 fully saturated rings. The van der Waals surface area contributed by atoms with Gasteiger partial charge >= 0.3 is 5.97 Å². The summed E-state index contributed by atoms with van der Waals surface area (Å²) < 4.78 is 6.86. The predicted molar refractivity (Wildman–Crippen MR) is 98.7 cm³/mol. The first-order chi connectivity index (χ1) is 12.7. The Morgan fingerprint density at radius 1 is 1.38 bits per heavy atom. The number of imidazole rings is 1. The van der Waals surface area contributed by atoms with E-state index in [-0.39, 0.29) is 11.9 Å². The third-order valence-electron chi connectivity index (χ3n) is 4.64. The van der Waals surface area contributed by atoms with E-state index in [1.165, 1.54) is 13.4 Å². The van der Waals surface area contributed by atoms with Crippen molar-refractivity contribution in [2.45, 2.75) is 25.8 Å². The molecule has 0 radical (unpaired) electrons. The van der Waals surface area contributed by atoms with E-state index in [0.717, 1.165) is 51.3 Å². The van der Waals surface area contributed by atoms with Crippen LogP contribution in [0.15, 0.2) is 25.0 Å². The lowest BCUT2D eigenvalue weighted by Gasteiger charge is -2.32. The standard InChI is InChI=1S/C17H25N7O2/c1-26-17(25)13-3-8-24(9-4-13)16-14(18)15(21-11-22-16)20-5-2-7-23-10-6-19-12-23/h6,10-13H,2-5,7-9,18H2,1H3,(H,20,21,22). The molecular weight excluding hydrogens is 334 g/mol. The Morgan fingerprint density at radius 2 is 2.19 bits per heavy atom. The maximum absolute atomic E-state index is 11.7. The predicted octanol–water partition coefficient (Wildman–Crippen LogP) is 1.15. The molecule has 3 rings (SSSR count). The highest BCUT2D eigenvalue weighted by atomic mass is 16.5. The van der Waals surface area contributed by atoms with Gasteiger partial charge in [0.05, 0.1) is 19.4 Å². The van der Waals surface area contributed by atoms with Gasteiger partial charge in [0.25, 0.3) is 0 Å². The van der Waals surface area contributed by atoms with Crippen molar-refractivity contribution in [3.63, 3.8) is 0 Å². The number of hydrogen-bond donors (Lipinski definition) is 2. The molecule has 0 spiro atoms. The van der Waals surface area contributed by atoms with E-state index in [2.05, 4.69) is 25.2 Å². The van der Waals surface area contributed by atoms with E-state index < -0.39 is 0 Å². The highest BCUT2D eigenvalue weighted by molar-refractivity contribution is 5.76. The summed E-state index contributed by atoms with van der Waals surface area (Å²) in [5.74, 6) is 1.19. The minimum absolute atomic E-state index is 0.0416. The van der Waals surface area contributed by atoms with Crippen molar-refractivity contribution in [3.8, 4) is 0 Å². The molecule has 0 aliphatic carbocycles. The molecule has 140 valence electrons. The lowest BCUT2D eigenvalue weighted by atomic mass is 9.97. The first-order valence-electron chi connectivity index (χ1n) is 8.82. The third kappa shape index (κ3) is 4.22. The average Bonchev–Trinajstić information content (AvgIpc) is 3.19. The molecule has 3 heterocycles. The normalized spacial score (nSPS) is 15.0. The zero-order valence-corrected chi connectivity index (χ0v) is 15.0. The van der Waals surface area contributed by atoms with Crippen LogP contribution >= 0.6 is 0 Å². The molecule has 0 aromatic carbocycles. The number of esters is 1. The van der Waals surface area contributed by atoms with Crippen LogP contribution < -0.4 is 16.0 Å². The molecule has 0 saturated carbocycles. The van der Waals surface area contributed by atoms with Gasteiger partial charge in [-0.15, -0.1) is 0 Å². The minimum Gasteiger partial charge on any atom is -0.469 e. The Balaban J connectivity index is 1.54. The van der Waals surface area contributed by atoms with Gasteiger partial charge in [-0.1, -0.05) is 0 Å². The zero-order chi connectivity index (χ0) is 18.4. The lowest BCUT2D eigenvalue weighted by molar-refractivity contribution is -0.146. The summed E-state index contributed by atoms with van der Waals surface area (Å²) in [6, 6.07) is 0. The average molecular weight is 359 g/mol. The number of carbonyl (C=O) groups is 1. The van der Waals surface area contributed by atoms with Crippen molar-refractivity contribution >= 4 is 23.3 Å². The molecule has 3 N–H and O–H groups in total. The first kappa shape index (κ1) is 18.0. The molecule has 9 nitrogen and oxygen atoms in total. The van der Waals surface area contributed by atoms with E-state index in [1.54, 1.807) is 12.5 Å². The SMILES string of the molecule is COC(=O)C1CCN(c2ncnc(NCCCn3ccnc3)c2N)CC1. The van der Waals surface area contributed by atoms with Gasteiger partial charge < -0.3 is 25.3 Å². The van der Waals surface area contributed by atoms with Crippen LogP contribution in [-0.2, 0) is 16.1 Å². The number of anilines is 3. The van der Waals surface area contributed by atoms with Gasteiger partial charge in [-0.2, -0.15) is 0 Å². The molecule has 9 heteroatoms. The summed E-state index contributed by atoms with van der Waals surface area (Å²) >= 11 is 0. The number of aryl methyl sites for hydroxylation is 1. The molecule has 1 saturated heterocycles. The topological polar surface area (TPSA) is 111 Å². The van der Waals surface area contributed by atoms with Crippen molar-refractivity contribution in [3.05, 3.63) is 25.0 Å². The van der Waals surface area contributed by atoms with Gasteiger partial charge in [-0.25, -0.2) is 15.0 Å². The molecule has 2 aromatic rings. The highest BCUT2D eigenvalue weighted by Gasteiger charge is 2.27. The summed E-state index contributed by atoms with van der Waals surface area (Å²) in [6.07, 6.45) is 9.44. The Morgan fingerprint density at radius 3 is 2.88 bits per heavy atom. The van der Waals surface area contributed by atoms with Crippen molar-refractivity contribution in [2.24, 2.45) is 5.92 Å². The number of nitrogens with zero attached hydrogens (tertiary/aromatic N) is 5. The van der Waals surface area contributed by atoms with E-state index in [0.29, 0.717) is 11.5 Å². The smallest absolute Gasteiger partial charge is 0.308 e. The van der Waals surface area contributed by atoms with Gasteiger partial charge in [0, 0.05) is 38.6 Å². The quantitative estimate of drug-likeness (QED) is 0.559. The van der Waals surface area contributed by atoms with E-state index in [9.17, 15) is 4.79 Å². The Bertz CT molecular complexity index is 712. The molecule has 26 heavy (non-hydrogen) atoms. The molecule has 0 amide bonds. The third-order valence-corrected chi connectivity index (χ3v) is 4.64. The van der Waals surface area contributed by atoms with E-state index >= 15 is 0 Å². The van der Waals surface area contributed by atoms with Gasteiger partial charge in [0.2, 0.25) is 0 Å². The van der Waals surface area contributed by atoms with Crippen molar-refractivity contribution < 1.29 is 9.53 Å². The number of carbonyl (C=O) groups excluding carboxylic acids is 1. The molecule has 2 aromatic heterocycles. The summed E-state index contributed by atoms with van der Waals surface area (Å²) in [4.78, 5) is 26.4. The van der Waals surface area contributed by atoms with Crippen molar-refractivity contribution in [2.75, 3.05) is 42.7 Å². The first-order valence-corrected chi connectivity index (χ1v) is 8.82. The second kappa shape index (κ2) is 8.50. The highest BCUT2D eigenvalue weighted by Crippen LogP contribution is 2.29. The van der Waals surface area contributed by atoms with Gasteiger partial charge in [-0.05, 0) is 19.3 Å². The number of piperidine rings is 1. The van der Waals surface area contributed by atoms with Crippen LogP contribution in [0.5, 0.6) is 0 Å². The van der Waals surface area contributed by atoms with E-state index in [4.69, 9.17) is 10.5 Å². The monoisotopic (exact) mass is 359 g/mol. The van der Waals surface area contributed by atoms with Gasteiger partial charge in [0.1, 0.15) is 12.0 Å². The molecule has 0 bridgehead atoms. The number of nitrogen functional groups attached to an aromatic ring is 1. The maximum atomic E-state index is 11.7. The molecule has 0 atom stereocenters. The van der Waals surface area contributed by atoms with Crippen LogP contribution in [0.4, 0.5) is 17.3 Å².